The number of nitrogens with zero attached hydrogens (tertiary/aromatic N) is 4. The fourth-order valence-corrected chi connectivity index (χ4v) is 3.35. The molecule has 0 saturated carbocycles. The molecule has 0 fully saturated rings. The number of aromatic nitrogens is 4. The van der Waals surface area contributed by atoms with Gasteiger partial charge in [0.15, 0.2) is 5.76 Å². The molecule has 1 aromatic heterocycles. The maximum atomic E-state index is 12.4. The number of hydrogen-bond acceptors (Lipinski definition) is 6. The first-order chi connectivity index (χ1) is 9.03. The predicted molar refractivity (Wildman–Crippen MR) is 65.0 cm³/mol. The molecule has 9 heteroatoms. The van der Waals surface area contributed by atoms with E-state index in [2.05, 4.69) is 20.6 Å². The van der Waals surface area contributed by atoms with E-state index >= 15 is 0 Å². The normalized spacial score (nSPS) is 17.4. The highest BCUT2D eigenvalue weighted by molar-refractivity contribution is 7.89. The number of nitrogens with one attached hydrogen (secondary N) is 1. The topological polar surface area (TPSA) is 112 Å². The Morgan fingerprint density at radius 3 is 2.74 bits per heavy atom. The highest BCUT2D eigenvalue weighted by atomic mass is 32.2. The number of aromatic amines is 1. The molecule has 1 aliphatic heterocycles. The number of benzene rings is 1. The molecular formula is C10H9N5O3S. The van der Waals surface area contributed by atoms with Crippen LogP contribution in [0.25, 0.3) is 11.5 Å². The van der Waals surface area contributed by atoms with Gasteiger partial charge < -0.3 is 5.11 Å². The minimum absolute atomic E-state index is 0.0173. The molecule has 1 aliphatic rings. The largest absolute Gasteiger partial charge is 0.505 e. The minimum Gasteiger partial charge on any atom is -0.505 e. The SMILES string of the molecule is CN1C(c2nnn[nH]2)=C(O)c2ccccc2S1(=O)=O. The number of sulfonamides is 1. The molecule has 98 valence electrons. The van der Waals surface area contributed by atoms with Gasteiger partial charge in [0.2, 0.25) is 5.82 Å². The summed E-state index contributed by atoms with van der Waals surface area (Å²) in [6.45, 7) is 0. The lowest BCUT2D eigenvalue weighted by atomic mass is 10.1. The van der Waals surface area contributed by atoms with Crippen molar-refractivity contribution in [3.05, 3.63) is 35.7 Å². The molecule has 0 saturated heterocycles. The predicted octanol–water partition coefficient (Wildman–Crippen LogP) is 0.218. The van der Waals surface area contributed by atoms with Gasteiger partial charge in [-0.15, -0.1) is 5.10 Å². The number of aliphatic hydroxyl groups excluding tert-OH is 1. The summed E-state index contributed by atoms with van der Waals surface area (Å²) in [5, 5.41) is 23.1. The van der Waals surface area contributed by atoms with Crippen LogP contribution in [-0.2, 0) is 10.0 Å². The summed E-state index contributed by atoms with van der Waals surface area (Å²) in [7, 11) is -2.40. The zero-order valence-electron chi connectivity index (χ0n) is 9.77. The second-order valence-corrected chi connectivity index (χ2v) is 5.85. The molecule has 2 N–H and O–H groups in total. The molecule has 0 atom stereocenters. The van der Waals surface area contributed by atoms with Crippen LogP contribution in [0.2, 0.25) is 0 Å². The lowest BCUT2D eigenvalue weighted by Gasteiger charge is -2.27. The first kappa shape index (κ1) is 11.7. The first-order valence-electron chi connectivity index (χ1n) is 5.29. The summed E-state index contributed by atoms with van der Waals surface area (Å²) in [5.74, 6) is -0.107. The number of aliphatic hydroxyl groups is 1. The highest BCUT2D eigenvalue weighted by Crippen LogP contribution is 2.37. The molecule has 0 radical (unpaired) electrons. The van der Waals surface area contributed by atoms with Gasteiger partial charge in [-0.1, -0.05) is 12.1 Å². The van der Waals surface area contributed by atoms with Crippen molar-refractivity contribution >= 4 is 21.5 Å². The van der Waals surface area contributed by atoms with Gasteiger partial charge >= 0.3 is 0 Å². The lowest BCUT2D eigenvalue weighted by Crippen LogP contribution is -2.31. The smallest absolute Gasteiger partial charge is 0.265 e. The standard InChI is InChI=1S/C10H9N5O3S/c1-15-8(10-11-13-14-12-10)9(16)6-4-2-3-5-7(6)19(15,17)18/h2-5,16H,1H3,(H,11,12,13,14). The molecule has 0 unspecified atom stereocenters. The van der Waals surface area contributed by atoms with E-state index in [0.717, 1.165) is 4.31 Å². The van der Waals surface area contributed by atoms with Crippen LogP contribution in [0.3, 0.4) is 0 Å². The second-order valence-electron chi connectivity index (χ2n) is 3.92. The van der Waals surface area contributed by atoms with E-state index in [4.69, 9.17) is 0 Å². The average molecular weight is 279 g/mol. The molecule has 2 aromatic rings. The Morgan fingerprint density at radius 2 is 2.05 bits per heavy atom. The summed E-state index contributed by atoms with van der Waals surface area (Å²) in [6.07, 6.45) is 0. The first-order valence-corrected chi connectivity index (χ1v) is 6.73. The van der Waals surface area contributed by atoms with Gasteiger partial charge in [-0.25, -0.2) is 13.5 Å². The fourth-order valence-electron chi connectivity index (χ4n) is 1.95. The third-order valence-corrected chi connectivity index (χ3v) is 4.70. The van der Waals surface area contributed by atoms with Crippen LogP contribution in [0.15, 0.2) is 29.2 Å². The van der Waals surface area contributed by atoms with Gasteiger partial charge in [0.1, 0.15) is 5.70 Å². The Kier molecular flexibility index (Phi) is 2.32. The zero-order valence-corrected chi connectivity index (χ0v) is 10.6. The summed E-state index contributed by atoms with van der Waals surface area (Å²) in [5.41, 5.74) is 0.246. The van der Waals surface area contributed by atoms with E-state index in [1.807, 2.05) is 0 Å². The van der Waals surface area contributed by atoms with Crippen LogP contribution in [0, 0.1) is 0 Å². The molecule has 0 spiro atoms. The van der Waals surface area contributed by atoms with Gasteiger partial charge in [-0.2, -0.15) is 0 Å². The van der Waals surface area contributed by atoms with E-state index in [9.17, 15) is 13.5 Å². The molecule has 19 heavy (non-hydrogen) atoms. The molecule has 3 rings (SSSR count). The molecule has 0 amide bonds. The van der Waals surface area contributed by atoms with Crippen LogP contribution < -0.4 is 0 Å². The van der Waals surface area contributed by atoms with Crippen molar-refractivity contribution in [3.8, 4) is 0 Å². The summed E-state index contributed by atoms with van der Waals surface area (Å²) in [6, 6.07) is 6.20. The van der Waals surface area contributed by atoms with Crippen molar-refractivity contribution in [1.29, 1.82) is 0 Å². The number of H-pyrrole nitrogens is 1. The molecular weight excluding hydrogens is 270 g/mol. The van der Waals surface area contributed by atoms with Gasteiger partial charge in [0.05, 0.1) is 4.90 Å². The highest BCUT2D eigenvalue weighted by Gasteiger charge is 2.36. The van der Waals surface area contributed by atoms with Gasteiger partial charge in [0.25, 0.3) is 10.0 Å². The van der Waals surface area contributed by atoms with Crippen LogP contribution in [-0.4, -0.2) is 45.5 Å². The third-order valence-electron chi connectivity index (χ3n) is 2.89. The van der Waals surface area contributed by atoms with Gasteiger partial charge in [-0.05, 0) is 22.6 Å². The van der Waals surface area contributed by atoms with Crippen LogP contribution >= 0.6 is 0 Å². The van der Waals surface area contributed by atoms with E-state index in [1.165, 1.54) is 19.2 Å². The van der Waals surface area contributed by atoms with E-state index < -0.39 is 10.0 Å². The van der Waals surface area contributed by atoms with Crippen LogP contribution in [0.5, 0.6) is 0 Å². The summed E-state index contributed by atoms with van der Waals surface area (Å²) in [4.78, 5) is 0.0474. The van der Waals surface area contributed by atoms with Crippen molar-refractivity contribution in [3.63, 3.8) is 0 Å². The third kappa shape index (κ3) is 1.51. The Balaban J connectivity index is 2.37. The second kappa shape index (κ2) is 3.79. The van der Waals surface area contributed by atoms with Gasteiger partial charge in [0, 0.05) is 12.6 Å². The minimum atomic E-state index is -3.73. The Labute approximate surface area is 108 Å². The quantitative estimate of drug-likeness (QED) is 0.772. The monoisotopic (exact) mass is 279 g/mol. The lowest BCUT2D eigenvalue weighted by molar-refractivity contribution is 0.486. The molecule has 0 bridgehead atoms. The van der Waals surface area contributed by atoms with Crippen LogP contribution in [0.4, 0.5) is 0 Å². The van der Waals surface area contributed by atoms with E-state index in [1.54, 1.807) is 12.1 Å². The van der Waals surface area contributed by atoms with Crippen molar-refractivity contribution in [1.82, 2.24) is 24.9 Å². The maximum absolute atomic E-state index is 12.4. The van der Waals surface area contributed by atoms with Crippen molar-refractivity contribution < 1.29 is 13.5 Å². The number of hydrogen-bond donors (Lipinski definition) is 2. The maximum Gasteiger partial charge on any atom is 0.265 e. The van der Waals surface area contributed by atoms with E-state index in [0.29, 0.717) is 0 Å². The van der Waals surface area contributed by atoms with Crippen molar-refractivity contribution in [2.75, 3.05) is 7.05 Å². The molecule has 8 nitrogen and oxygen atoms in total. The molecule has 1 aromatic carbocycles. The number of fused-ring (bicyclic) bond motifs is 1. The number of tetrazole rings is 1. The Morgan fingerprint density at radius 1 is 1.32 bits per heavy atom. The summed E-state index contributed by atoms with van der Waals surface area (Å²) < 4.78 is 25.7. The fraction of sp³-hybridized carbons (Fsp3) is 0.100. The Bertz CT molecular complexity index is 766. The van der Waals surface area contributed by atoms with Crippen molar-refractivity contribution in [2.45, 2.75) is 4.90 Å². The van der Waals surface area contributed by atoms with Crippen molar-refractivity contribution in [2.24, 2.45) is 0 Å². The van der Waals surface area contributed by atoms with E-state index in [-0.39, 0.29) is 27.7 Å². The summed E-state index contributed by atoms with van der Waals surface area (Å²) >= 11 is 0. The average Bonchev–Trinajstić information content (AvgIpc) is 2.91. The molecule has 0 aliphatic carbocycles. The molecule has 2 heterocycles. The number of rotatable bonds is 1. The van der Waals surface area contributed by atoms with Crippen LogP contribution in [0.1, 0.15) is 11.4 Å². The Hall–Kier alpha value is -2.42. The van der Waals surface area contributed by atoms with Gasteiger partial charge in [-0.3, -0.25) is 4.31 Å². The zero-order chi connectivity index (χ0) is 13.6.